The molecule has 1 aromatic carbocycles. The third-order valence-corrected chi connectivity index (χ3v) is 3.75. The molecule has 1 aliphatic rings. The predicted octanol–water partition coefficient (Wildman–Crippen LogP) is 2.34. The molecule has 2 heterocycles. The molecular formula is C16H17N3O4. The standard InChI is InChI=1S/C16H17N3O4/c20-15(21)13-9-14-12(7-4-8-19(14)18-13)17-16(22)23-10-11-5-2-1-3-6-11/h1-3,5-6,9,12H,4,7-8,10H2,(H,17,22)(H,20,21). The van der Waals surface area contributed by atoms with E-state index in [1.807, 2.05) is 30.3 Å². The zero-order valence-electron chi connectivity index (χ0n) is 12.4. The van der Waals surface area contributed by atoms with E-state index in [1.165, 1.54) is 6.07 Å². The van der Waals surface area contributed by atoms with Gasteiger partial charge < -0.3 is 15.2 Å². The van der Waals surface area contributed by atoms with Crippen LogP contribution < -0.4 is 5.32 Å². The second-order valence-corrected chi connectivity index (χ2v) is 5.38. The van der Waals surface area contributed by atoms with E-state index in [-0.39, 0.29) is 18.3 Å². The molecule has 23 heavy (non-hydrogen) atoms. The van der Waals surface area contributed by atoms with Crippen LogP contribution in [0, 0.1) is 0 Å². The highest BCUT2D eigenvalue weighted by Gasteiger charge is 2.26. The maximum absolute atomic E-state index is 12.0. The van der Waals surface area contributed by atoms with E-state index in [1.54, 1.807) is 4.68 Å². The Labute approximate surface area is 132 Å². The lowest BCUT2D eigenvalue weighted by molar-refractivity contribution is 0.0689. The minimum absolute atomic E-state index is 0.00801. The van der Waals surface area contributed by atoms with Crippen molar-refractivity contribution in [3.05, 3.63) is 53.3 Å². The number of carboxylic acids is 1. The topological polar surface area (TPSA) is 93.5 Å². The quantitative estimate of drug-likeness (QED) is 0.903. The number of aryl methyl sites for hydroxylation is 1. The number of hydrogen-bond donors (Lipinski definition) is 2. The molecule has 3 rings (SSSR count). The molecule has 2 N–H and O–H groups in total. The number of ether oxygens (including phenoxy) is 1. The number of amides is 1. The number of carbonyl (C=O) groups excluding carboxylic acids is 1. The maximum Gasteiger partial charge on any atom is 0.408 e. The second kappa shape index (κ2) is 6.51. The van der Waals surface area contributed by atoms with Gasteiger partial charge in [0.1, 0.15) is 6.61 Å². The lowest BCUT2D eigenvalue weighted by Crippen LogP contribution is -2.33. The van der Waals surface area contributed by atoms with Crippen molar-refractivity contribution in [3.63, 3.8) is 0 Å². The molecular weight excluding hydrogens is 298 g/mol. The van der Waals surface area contributed by atoms with E-state index < -0.39 is 12.1 Å². The molecule has 1 aliphatic heterocycles. The third-order valence-electron chi connectivity index (χ3n) is 3.75. The Morgan fingerprint density at radius 1 is 1.35 bits per heavy atom. The van der Waals surface area contributed by atoms with Crippen LogP contribution in [0.2, 0.25) is 0 Å². The predicted molar refractivity (Wildman–Crippen MR) is 80.9 cm³/mol. The summed E-state index contributed by atoms with van der Waals surface area (Å²) in [6.07, 6.45) is 1.02. The fourth-order valence-electron chi connectivity index (χ4n) is 2.64. The van der Waals surface area contributed by atoms with Gasteiger partial charge in [-0.2, -0.15) is 5.10 Å². The van der Waals surface area contributed by atoms with Crippen LogP contribution in [0.15, 0.2) is 36.4 Å². The number of carboxylic acid groups (broad SMARTS) is 1. The molecule has 0 saturated carbocycles. The van der Waals surface area contributed by atoms with Crippen LogP contribution in [0.1, 0.15) is 40.6 Å². The van der Waals surface area contributed by atoms with Crippen molar-refractivity contribution in [1.82, 2.24) is 15.1 Å². The summed E-state index contributed by atoms with van der Waals surface area (Å²) in [5.74, 6) is -1.07. The fraction of sp³-hybridized carbons (Fsp3) is 0.312. The van der Waals surface area contributed by atoms with Crippen molar-refractivity contribution in [3.8, 4) is 0 Å². The van der Waals surface area contributed by atoms with E-state index in [9.17, 15) is 9.59 Å². The number of alkyl carbamates (subject to hydrolysis) is 1. The van der Waals surface area contributed by atoms with Crippen LogP contribution in [-0.2, 0) is 17.9 Å². The molecule has 7 heteroatoms. The smallest absolute Gasteiger partial charge is 0.408 e. The average Bonchev–Trinajstić information content (AvgIpc) is 3.00. The van der Waals surface area contributed by atoms with Crippen molar-refractivity contribution in [1.29, 1.82) is 0 Å². The van der Waals surface area contributed by atoms with Crippen LogP contribution in [0.25, 0.3) is 0 Å². The number of nitrogens with one attached hydrogen (secondary N) is 1. The molecule has 1 aromatic heterocycles. The summed E-state index contributed by atoms with van der Waals surface area (Å²) < 4.78 is 6.84. The summed E-state index contributed by atoms with van der Waals surface area (Å²) in [6.45, 7) is 0.846. The Kier molecular flexibility index (Phi) is 4.27. The molecule has 7 nitrogen and oxygen atoms in total. The number of aromatic carboxylic acids is 1. The number of carbonyl (C=O) groups is 2. The monoisotopic (exact) mass is 315 g/mol. The molecule has 0 bridgehead atoms. The lowest BCUT2D eigenvalue weighted by atomic mass is 10.0. The van der Waals surface area contributed by atoms with Gasteiger partial charge in [-0.05, 0) is 24.5 Å². The first-order chi connectivity index (χ1) is 11.1. The Hall–Kier alpha value is -2.83. The lowest BCUT2D eigenvalue weighted by Gasteiger charge is -2.24. The van der Waals surface area contributed by atoms with Gasteiger partial charge in [-0.15, -0.1) is 0 Å². The minimum atomic E-state index is -1.07. The Balaban J connectivity index is 1.62. The Morgan fingerprint density at radius 3 is 2.87 bits per heavy atom. The second-order valence-electron chi connectivity index (χ2n) is 5.38. The normalized spacial score (nSPS) is 16.4. The Bertz CT molecular complexity index is 711. The van der Waals surface area contributed by atoms with Crippen LogP contribution >= 0.6 is 0 Å². The fourth-order valence-corrected chi connectivity index (χ4v) is 2.64. The molecule has 120 valence electrons. The Morgan fingerprint density at radius 2 is 2.13 bits per heavy atom. The zero-order chi connectivity index (χ0) is 16.2. The van der Waals surface area contributed by atoms with Crippen LogP contribution in [0.3, 0.4) is 0 Å². The molecule has 1 atom stereocenters. The molecule has 1 amide bonds. The van der Waals surface area contributed by atoms with Gasteiger partial charge in [-0.25, -0.2) is 9.59 Å². The highest BCUT2D eigenvalue weighted by Crippen LogP contribution is 2.25. The number of rotatable bonds is 4. The van der Waals surface area contributed by atoms with Crippen molar-refractivity contribution < 1.29 is 19.4 Å². The number of fused-ring (bicyclic) bond motifs is 1. The van der Waals surface area contributed by atoms with Crippen molar-refractivity contribution in [2.45, 2.75) is 32.0 Å². The van der Waals surface area contributed by atoms with Gasteiger partial charge in [-0.3, -0.25) is 4.68 Å². The number of hydrogen-bond acceptors (Lipinski definition) is 4. The van der Waals surface area contributed by atoms with Crippen molar-refractivity contribution >= 4 is 12.1 Å². The van der Waals surface area contributed by atoms with Gasteiger partial charge in [0.2, 0.25) is 0 Å². The maximum atomic E-state index is 12.0. The van der Waals surface area contributed by atoms with Gasteiger partial charge in [0.15, 0.2) is 5.69 Å². The molecule has 0 saturated heterocycles. The van der Waals surface area contributed by atoms with Gasteiger partial charge in [-0.1, -0.05) is 30.3 Å². The SMILES string of the molecule is O=C(NC1CCCn2nc(C(=O)O)cc21)OCc1ccccc1. The van der Waals surface area contributed by atoms with E-state index in [4.69, 9.17) is 9.84 Å². The summed E-state index contributed by atoms with van der Waals surface area (Å²) in [5.41, 5.74) is 1.60. The van der Waals surface area contributed by atoms with Crippen molar-refractivity contribution in [2.75, 3.05) is 0 Å². The minimum Gasteiger partial charge on any atom is -0.476 e. The number of aromatic nitrogens is 2. The van der Waals surface area contributed by atoms with Gasteiger partial charge in [0, 0.05) is 6.54 Å². The first-order valence-corrected chi connectivity index (χ1v) is 7.42. The molecule has 0 fully saturated rings. The van der Waals surface area contributed by atoms with Gasteiger partial charge >= 0.3 is 12.1 Å². The molecule has 2 aromatic rings. The largest absolute Gasteiger partial charge is 0.476 e. The first kappa shape index (κ1) is 15.1. The summed E-state index contributed by atoms with van der Waals surface area (Å²) >= 11 is 0. The van der Waals surface area contributed by atoms with Crippen LogP contribution in [0.4, 0.5) is 4.79 Å². The van der Waals surface area contributed by atoms with Crippen LogP contribution in [0.5, 0.6) is 0 Å². The van der Waals surface area contributed by atoms with Gasteiger partial charge in [0.25, 0.3) is 0 Å². The first-order valence-electron chi connectivity index (χ1n) is 7.42. The molecule has 0 radical (unpaired) electrons. The third kappa shape index (κ3) is 3.50. The van der Waals surface area contributed by atoms with Crippen molar-refractivity contribution in [2.24, 2.45) is 0 Å². The summed E-state index contributed by atoms with van der Waals surface area (Å²) in [4.78, 5) is 23.0. The summed E-state index contributed by atoms with van der Waals surface area (Å²) in [6, 6.07) is 10.6. The van der Waals surface area contributed by atoms with E-state index in [0.29, 0.717) is 12.2 Å². The highest BCUT2D eigenvalue weighted by atomic mass is 16.5. The molecule has 0 spiro atoms. The highest BCUT2D eigenvalue weighted by molar-refractivity contribution is 5.85. The number of benzene rings is 1. The van der Waals surface area contributed by atoms with Crippen LogP contribution in [-0.4, -0.2) is 26.9 Å². The van der Waals surface area contributed by atoms with Gasteiger partial charge in [0.05, 0.1) is 11.7 Å². The molecule has 0 aliphatic carbocycles. The summed E-state index contributed by atoms with van der Waals surface area (Å²) in [7, 11) is 0. The molecule has 1 unspecified atom stereocenters. The summed E-state index contributed by atoms with van der Waals surface area (Å²) in [5, 5.41) is 15.8. The average molecular weight is 315 g/mol. The van der Waals surface area contributed by atoms with E-state index in [2.05, 4.69) is 10.4 Å². The van der Waals surface area contributed by atoms with E-state index >= 15 is 0 Å². The zero-order valence-corrected chi connectivity index (χ0v) is 12.4. The number of nitrogens with zero attached hydrogens (tertiary/aromatic N) is 2. The van der Waals surface area contributed by atoms with E-state index in [0.717, 1.165) is 18.4 Å².